The highest BCUT2D eigenvalue weighted by molar-refractivity contribution is 6.02. The fourth-order valence-corrected chi connectivity index (χ4v) is 12.3. The van der Waals surface area contributed by atoms with Crippen molar-refractivity contribution in [3.63, 3.8) is 0 Å². The van der Waals surface area contributed by atoms with Crippen molar-refractivity contribution in [2.75, 3.05) is 50.5 Å². The largest absolute Gasteiger partial charge is 0.449 e. The number of aromatic amines is 1. The Morgan fingerprint density at radius 1 is 0.662 bits per heavy atom. The number of carbonyl (C=O) groups is 4. The van der Waals surface area contributed by atoms with Crippen LogP contribution in [-0.4, -0.2) is 114 Å². The number of fused-ring (bicyclic) bond motifs is 4. The van der Waals surface area contributed by atoms with Crippen molar-refractivity contribution in [1.29, 1.82) is 0 Å². The molecule has 80 heavy (non-hydrogen) atoms. The van der Waals surface area contributed by atoms with Crippen LogP contribution in [0.2, 0.25) is 0 Å². The van der Waals surface area contributed by atoms with Crippen LogP contribution in [0.5, 0.6) is 0 Å². The Kier molecular flexibility index (Phi) is 13.7. The number of likely N-dealkylation sites (tertiary alicyclic amines) is 2. The molecule has 2 fully saturated rings. The van der Waals surface area contributed by atoms with Gasteiger partial charge in [-0.3, -0.25) is 34.9 Å². The van der Waals surface area contributed by atoms with Crippen molar-refractivity contribution in [1.82, 2.24) is 39.1 Å². The number of nitrogens with one attached hydrogen (secondary N) is 3. The zero-order valence-corrected chi connectivity index (χ0v) is 45.5. The summed E-state index contributed by atoms with van der Waals surface area (Å²) in [6.07, 6.45) is 2.22. The van der Waals surface area contributed by atoms with E-state index in [1.54, 1.807) is 65.6 Å². The van der Waals surface area contributed by atoms with Gasteiger partial charge in [0.25, 0.3) is 11.8 Å². The maximum absolute atomic E-state index is 15.3. The van der Waals surface area contributed by atoms with E-state index in [-0.39, 0.29) is 54.2 Å². The number of anilines is 2. The first-order valence-electron chi connectivity index (χ1n) is 27.7. The highest BCUT2D eigenvalue weighted by atomic mass is 16.6. The number of benzene rings is 6. The van der Waals surface area contributed by atoms with E-state index < -0.39 is 23.6 Å². The van der Waals surface area contributed by atoms with Crippen molar-refractivity contribution in [2.45, 2.75) is 83.1 Å². The first-order valence-corrected chi connectivity index (χ1v) is 27.7. The summed E-state index contributed by atoms with van der Waals surface area (Å²) in [7, 11) is 2.11. The maximum Gasteiger partial charge on any atom is 0.416 e. The van der Waals surface area contributed by atoms with Crippen molar-refractivity contribution in [2.24, 2.45) is 11.8 Å². The minimum atomic E-state index is -1.85. The van der Waals surface area contributed by atoms with Gasteiger partial charge in [-0.25, -0.2) is 19.6 Å². The lowest BCUT2D eigenvalue weighted by atomic mass is 9.93. The van der Waals surface area contributed by atoms with Crippen LogP contribution in [0.15, 0.2) is 146 Å². The summed E-state index contributed by atoms with van der Waals surface area (Å²) in [5.41, 5.74) is 2.86. The standard InChI is InChI=1S/C63H66N10O7/c1-61(2,3)70-33-29-44(30-34-70)40-79-59(76)67-57-64-51-25-23-46(36-52(51)65-57)63(50-22-14-12-20-48(50)56(75)73(63)39-42-17-9-6-10-18-42)80-60(77)68-58-66-53-35-45(24-26-54(53)71(58)37-43-27-31-69(4)32-28-43)62(78)49-21-13-11-19-47(49)55(74)72(62)38-41-15-7-5-8-16-41/h5-26,35-36,43-44,78H,27-34,37-40H2,1-4H3,(H,66,68,77)(H2,64,65,67,76). The van der Waals surface area contributed by atoms with Crippen LogP contribution in [0.4, 0.5) is 21.5 Å². The molecule has 17 heteroatoms. The monoisotopic (exact) mass is 1070 g/mol. The van der Waals surface area contributed by atoms with Gasteiger partial charge >= 0.3 is 12.2 Å². The number of aromatic nitrogens is 4. The van der Waals surface area contributed by atoms with Gasteiger partial charge < -0.3 is 29.0 Å². The van der Waals surface area contributed by atoms with E-state index in [9.17, 15) is 19.5 Å². The number of imidazole rings is 2. The summed E-state index contributed by atoms with van der Waals surface area (Å²) in [6.45, 7) is 11.4. The number of rotatable bonds is 13. The molecule has 0 saturated carbocycles. The van der Waals surface area contributed by atoms with Crippen molar-refractivity contribution in [3.05, 3.63) is 190 Å². The second kappa shape index (κ2) is 21.0. The van der Waals surface area contributed by atoms with Gasteiger partial charge in [0.15, 0.2) is 5.72 Å². The minimum Gasteiger partial charge on any atom is -0.449 e. The normalized spacial score (nSPS) is 20.1. The zero-order valence-electron chi connectivity index (χ0n) is 45.5. The Labute approximate surface area is 464 Å². The summed E-state index contributed by atoms with van der Waals surface area (Å²) in [4.78, 5) is 78.4. The Morgan fingerprint density at radius 2 is 1.26 bits per heavy atom. The number of piperidine rings is 2. The van der Waals surface area contributed by atoms with Crippen LogP contribution in [0.25, 0.3) is 22.1 Å². The number of H-pyrrole nitrogens is 1. The number of aliphatic hydroxyl groups is 1. The van der Waals surface area contributed by atoms with E-state index in [0.717, 1.165) is 63.0 Å². The molecule has 0 radical (unpaired) electrons. The van der Waals surface area contributed by atoms with E-state index in [1.807, 2.05) is 89.5 Å². The van der Waals surface area contributed by atoms with Crippen LogP contribution >= 0.6 is 0 Å². The highest BCUT2D eigenvalue weighted by Crippen LogP contribution is 2.48. The molecule has 2 aromatic heterocycles. The predicted molar refractivity (Wildman–Crippen MR) is 304 cm³/mol. The SMILES string of the molecule is CN1CCC(Cn2c(NC(=O)OC3(c4ccc5nc(NC(=O)OCC6CCN(C(C)(C)C)CC6)[nH]c5c4)c4ccccc4C(=O)N3Cc3ccccc3)nc3cc(C4(O)c5ccccc5C(=O)N4Cc4ccccc4)ccc32)CC1. The van der Waals surface area contributed by atoms with E-state index in [1.165, 1.54) is 4.90 Å². The number of nitrogens with zero attached hydrogens (tertiary/aromatic N) is 7. The molecule has 4 amide bonds. The van der Waals surface area contributed by atoms with Gasteiger partial charge in [-0.1, -0.05) is 109 Å². The van der Waals surface area contributed by atoms with Crippen molar-refractivity contribution >= 4 is 58.0 Å². The third-order valence-electron chi connectivity index (χ3n) is 16.7. The average Bonchev–Trinajstić information content (AvgIpc) is 4.29. The smallest absolute Gasteiger partial charge is 0.416 e. The number of amides is 4. The lowest BCUT2D eigenvalue weighted by Gasteiger charge is -2.40. The highest BCUT2D eigenvalue weighted by Gasteiger charge is 2.55. The third kappa shape index (κ3) is 9.72. The molecule has 12 rings (SSSR count). The van der Waals surface area contributed by atoms with E-state index >= 15 is 4.79 Å². The third-order valence-corrected chi connectivity index (χ3v) is 16.7. The number of hydrogen-bond donors (Lipinski definition) is 4. The zero-order chi connectivity index (χ0) is 55.3. The molecular formula is C63H66N10O7. The lowest BCUT2D eigenvalue weighted by molar-refractivity contribution is -0.0595. The summed E-state index contributed by atoms with van der Waals surface area (Å²) in [6, 6.07) is 44.2. The second-order valence-electron chi connectivity index (χ2n) is 22.8. The summed E-state index contributed by atoms with van der Waals surface area (Å²) in [5.74, 6) is 0.246. The molecule has 4 aliphatic heterocycles. The predicted octanol–water partition coefficient (Wildman–Crippen LogP) is 10.3. The van der Waals surface area contributed by atoms with Crippen molar-refractivity contribution in [3.8, 4) is 0 Å². The molecule has 8 aromatic rings. The Morgan fingerprint density at radius 3 is 1.95 bits per heavy atom. The van der Waals surface area contributed by atoms with Crippen LogP contribution < -0.4 is 10.6 Å². The molecule has 2 unspecified atom stereocenters. The fourth-order valence-electron chi connectivity index (χ4n) is 12.3. The Hall–Kier alpha value is -8.38. The number of carbonyl (C=O) groups excluding carboxylic acids is 4. The van der Waals surface area contributed by atoms with Gasteiger partial charge in [-0.2, -0.15) is 0 Å². The quantitative estimate of drug-likeness (QED) is 0.0860. The summed E-state index contributed by atoms with van der Waals surface area (Å²) < 4.78 is 14.6. The molecule has 410 valence electrons. The first-order chi connectivity index (χ1) is 38.6. The van der Waals surface area contributed by atoms with Gasteiger partial charge in [0.1, 0.15) is 0 Å². The van der Waals surface area contributed by atoms with Gasteiger partial charge in [0.05, 0.1) is 35.2 Å². The molecule has 4 aliphatic rings. The van der Waals surface area contributed by atoms with Crippen molar-refractivity contribution < 1.29 is 33.8 Å². The molecule has 0 spiro atoms. The van der Waals surface area contributed by atoms with Gasteiger partial charge in [0.2, 0.25) is 17.6 Å². The molecule has 2 saturated heterocycles. The molecule has 4 N–H and O–H groups in total. The summed E-state index contributed by atoms with van der Waals surface area (Å²) >= 11 is 0. The van der Waals surface area contributed by atoms with E-state index in [4.69, 9.17) is 14.5 Å². The van der Waals surface area contributed by atoms with Gasteiger partial charge in [0, 0.05) is 52.0 Å². The Bertz CT molecular complexity index is 3640. The van der Waals surface area contributed by atoms with Crippen LogP contribution in [-0.2, 0) is 40.6 Å². The molecule has 6 aromatic carbocycles. The maximum atomic E-state index is 15.3. The van der Waals surface area contributed by atoms with Gasteiger partial charge in [-0.15, -0.1) is 0 Å². The molecule has 6 heterocycles. The van der Waals surface area contributed by atoms with Crippen LogP contribution in [0, 0.1) is 11.8 Å². The molecule has 0 bridgehead atoms. The number of ether oxygens (including phenoxy) is 2. The molecule has 2 atom stereocenters. The van der Waals surface area contributed by atoms with E-state index in [2.05, 4.69) is 58.2 Å². The average molecular weight is 1080 g/mol. The number of hydrogen-bond acceptors (Lipinski definition) is 11. The van der Waals surface area contributed by atoms with Crippen LogP contribution in [0.3, 0.4) is 0 Å². The molecule has 17 nitrogen and oxygen atoms in total. The molecular weight excluding hydrogens is 1010 g/mol. The Balaban J connectivity index is 0.894. The summed E-state index contributed by atoms with van der Waals surface area (Å²) in [5, 5.41) is 18.8. The van der Waals surface area contributed by atoms with Gasteiger partial charge in [-0.05, 0) is 139 Å². The second-order valence-corrected chi connectivity index (χ2v) is 22.8. The van der Waals surface area contributed by atoms with Crippen LogP contribution in [0.1, 0.15) is 101 Å². The minimum absolute atomic E-state index is 0.0732. The first kappa shape index (κ1) is 52.3. The topological polar surface area (TPSA) is 190 Å². The fraction of sp³-hybridized carbons (Fsp3) is 0.333. The molecule has 0 aliphatic carbocycles. The lowest BCUT2D eigenvalue weighted by Crippen LogP contribution is -2.48. The van der Waals surface area contributed by atoms with E-state index in [0.29, 0.717) is 68.6 Å².